The number of nitrogens with zero attached hydrogens (tertiary/aromatic N) is 2. The largest absolute Gasteiger partial charge is 0.399 e. The molecule has 1 aromatic heterocycles. The number of rotatable bonds is 5. The second-order valence-corrected chi connectivity index (χ2v) is 5.34. The minimum atomic E-state index is 0.471. The number of ether oxygens (including phenoxy) is 1. The standard InChI is InChI=1S/C16H21N3O/c17-14-7-5-13(6-8-14)16-18-9-11-19(16)10-1-3-15-4-2-12-20-15/h5-9,11,15H,1-4,10,12,17H2. The highest BCUT2D eigenvalue weighted by atomic mass is 16.5. The van der Waals surface area contributed by atoms with Crippen molar-refractivity contribution < 1.29 is 4.74 Å². The van der Waals surface area contributed by atoms with Gasteiger partial charge in [0.05, 0.1) is 6.10 Å². The van der Waals surface area contributed by atoms with E-state index in [9.17, 15) is 0 Å². The molecule has 1 aliphatic rings. The first kappa shape index (κ1) is 13.2. The fourth-order valence-electron chi connectivity index (χ4n) is 2.74. The van der Waals surface area contributed by atoms with Crippen LogP contribution in [-0.4, -0.2) is 22.3 Å². The highest BCUT2D eigenvalue weighted by molar-refractivity contribution is 5.59. The van der Waals surface area contributed by atoms with Crippen LogP contribution in [0.25, 0.3) is 11.4 Å². The number of anilines is 1. The summed E-state index contributed by atoms with van der Waals surface area (Å²) in [6.45, 7) is 1.92. The van der Waals surface area contributed by atoms with Gasteiger partial charge in [0.2, 0.25) is 0 Å². The predicted molar refractivity (Wildman–Crippen MR) is 80.3 cm³/mol. The van der Waals surface area contributed by atoms with E-state index in [4.69, 9.17) is 10.5 Å². The molecule has 106 valence electrons. The number of nitrogens with two attached hydrogens (primary N) is 1. The van der Waals surface area contributed by atoms with Gasteiger partial charge in [0.25, 0.3) is 0 Å². The maximum atomic E-state index is 5.73. The Morgan fingerprint density at radius 3 is 2.90 bits per heavy atom. The molecule has 0 saturated carbocycles. The summed E-state index contributed by atoms with van der Waals surface area (Å²) in [5.74, 6) is 1.01. The van der Waals surface area contributed by atoms with E-state index in [2.05, 4.69) is 9.55 Å². The topological polar surface area (TPSA) is 53.1 Å². The van der Waals surface area contributed by atoms with Gasteiger partial charge in [0.15, 0.2) is 0 Å². The number of hydrogen-bond donors (Lipinski definition) is 1. The first-order valence-electron chi connectivity index (χ1n) is 7.31. The Hall–Kier alpha value is -1.81. The smallest absolute Gasteiger partial charge is 0.139 e. The number of benzene rings is 1. The van der Waals surface area contributed by atoms with Crippen molar-refractivity contribution in [1.82, 2.24) is 9.55 Å². The van der Waals surface area contributed by atoms with Crippen molar-refractivity contribution in [2.75, 3.05) is 12.3 Å². The third-order valence-corrected chi connectivity index (χ3v) is 3.83. The van der Waals surface area contributed by atoms with E-state index in [1.54, 1.807) is 0 Å². The van der Waals surface area contributed by atoms with Crippen LogP contribution in [-0.2, 0) is 11.3 Å². The summed E-state index contributed by atoms with van der Waals surface area (Å²) in [5.41, 5.74) is 7.62. The van der Waals surface area contributed by atoms with Crippen molar-refractivity contribution in [3.05, 3.63) is 36.7 Å². The van der Waals surface area contributed by atoms with Crippen LogP contribution in [0.4, 0.5) is 5.69 Å². The molecule has 1 fully saturated rings. The fourth-order valence-corrected chi connectivity index (χ4v) is 2.74. The molecule has 4 nitrogen and oxygen atoms in total. The monoisotopic (exact) mass is 271 g/mol. The van der Waals surface area contributed by atoms with Gasteiger partial charge >= 0.3 is 0 Å². The quantitative estimate of drug-likeness (QED) is 0.850. The molecule has 0 spiro atoms. The van der Waals surface area contributed by atoms with Gasteiger partial charge in [0, 0.05) is 36.8 Å². The van der Waals surface area contributed by atoms with Crippen LogP contribution >= 0.6 is 0 Å². The van der Waals surface area contributed by atoms with Crippen LogP contribution in [0, 0.1) is 0 Å². The van der Waals surface area contributed by atoms with Crippen LogP contribution < -0.4 is 5.73 Å². The Morgan fingerprint density at radius 1 is 1.30 bits per heavy atom. The van der Waals surface area contributed by atoms with Crippen LogP contribution in [0.2, 0.25) is 0 Å². The minimum Gasteiger partial charge on any atom is -0.399 e. The van der Waals surface area contributed by atoms with Crippen LogP contribution in [0.15, 0.2) is 36.7 Å². The number of aromatic nitrogens is 2. The lowest BCUT2D eigenvalue weighted by Gasteiger charge is -2.11. The van der Waals surface area contributed by atoms with Crippen molar-refractivity contribution in [3.8, 4) is 11.4 Å². The average molecular weight is 271 g/mol. The molecular formula is C16H21N3O. The summed E-state index contributed by atoms with van der Waals surface area (Å²) in [4.78, 5) is 4.46. The van der Waals surface area contributed by atoms with Crippen molar-refractivity contribution in [2.45, 2.75) is 38.3 Å². The molecule has 1 atom stereocenters. The van der Waals surface area contributed by atoms with Crippen molar-refractivity contribution in [3.63, 3.8) is 0 Å². The van der Waals surface area contributed by atoms with E-state index < -0.39 is 0 Å². The Bertz CT molecular complexity index is 541. The van der Waals surface area contributed by atoms with Gasteiger partial charge in [-0.05, 0) is 49.9 Å². The van der Waals surface area contributed by atoms with Crippen LogP contribution in [0.5, 0.6) is 0 Å². The average Bonchev–Trinajstić information content (AvgIpc) is 3.11. The molecule has 1 aliphatic heterocycles. The molecule has 2 heterocycles. The number of nitrogen functional groups attached to an aromatic ring is 1. The lowest BCUT2D eigenvalue weighted by atomic mass is 10.1. The van der Waals surface area contributed by atoms with E-state index in [1.807, 2.05) is 36.7 Å². The normalized spacial score (nSPS) is 18.5. The summed E-state index contributed by atoms with van der Waals surface area (Å²) < 4.78 is 7.87. The van der Waals surface area contributed by atoms with Crippen molar-refractivity contribution in [2.24, 2.45) is 0 Å². The molecule has 1 aromatic carbocycles. The molecule has 0 amide bonds. The summed E-state index contributed by atoms with van der Waals surface area (Å²) in [6.07, 6.45) is 9.07. The lowest BCUT2D eigenvalue weighted by Crippen LogP contribution is -2.07. The van der Waals surface area contributed by atoms with E-state index in [1.165, 1.54) is 12.8 Å². The zero-order valence-corrected chi connectivity index (χ0v) is 11.7. The first-order valence-corrected chi connectivity index (χ1v) is 7.31. The summed E-state index contributed by atoms with van der Waals surface area (Å²) >= 11 is 0. The molecular weight excluding hydrogens is 250 g/mol. The van der Waals surface area contributed by atoms with Crippen molar-refractivity contribution in [1.29, 1.82) is 0 Å². The number of aryl methyl sites for hydroxylation is 1. The second-order valence-electron chi connectivity index (χ2n) is 5.34. The van der Waals surface area contributed by atoms with Crippen LogP contribution in [0.3, 0.4) is 0 Å². The second kappa shape index (κ2) is 6.09. The minimum absolute atomic E-state index is 0.471. The Morgan fingerprint density at radius 2 is 2.15 bits per heavy atom. The van der Waals surface area contributed by atoms with Crippen LogP contribution in [0.1, 0.15) is 25.7 Å². The molecule has 1 unspecified atom stereocenters. The van der Waals surface area contributed by atoms with Crippen molar-refractivity contribution >= 4 is 5.69 Å². The number of imidazole rings is 1. The Kier molecular flexibility index (Phi) is 4.02. The molecule has 0 radical (unpaired) electrons. The van der Waals surface area contributed by atoms with Gasteiger partial charge in [-0.25, -0.2) is 4.98 Å². The van der Waals surface area contributed by atoms with E-state index in [-0.39, 0.29) is 0 Å². The molecule has 3 rings (SSSR count). The lowest BCUT2D eigenvalue weighted by molar-refractivity contribution is 0.101. The molecule has 2 N–H and O–H groups in total. The zero-order chi connectivity index (χ0) is 13.8. The third kappa shape index (κ3) is 3.02. The molecule has 0 aliphatic carbocycles. The SMILES string of the molecule is Nc1ccc(-c2nccn2CCCC2CCCO2)cc1. The zero-order valence-electron chi connectivity index (χ0n) is 11.7. The highest BCUT2D eigenvalue weighted by Crippen LogP contribution is 2.21. The Labute approximate surface area is 119 Å². The van der Waals surface area contributed by atoms with E-state index in [0.29, 0.717) is 6.10 Å². The van der Waals surface area contributed by atoms with Gasteiger partial charge in [-0.2, -0.15) is 0 Å². The first-order chi connectivity index (χ1) is 9.83. The fraction of sp³-hybridized carbons (Fsp3) is 0.438. The van der Waals surface area contributed by atoms with Gasteiger partial charge in [0.1, 0.15) is 5.82 Å². The van der Waals surface area contributed by atoms with Gasteiger partial charge in [-0.15, -0.1) is 0 Å². The molecule has 2 aromatic rings. The van der Waals surface area contributed by atoms with E-state index >= 15 is 0 Å². The predicted octanol–water partition coefficient (Wildman–Crippen LogP) is 3.09. The van der Waals surface area contributed by atoms with Gasteiger partial charge in [-0.3, -0.25) is 0 Å². The molecule has 0 bridgehead atoms. The van der Waals surface area contributed by atoms with Gasteiger partial charge in [-0.1, -0.05) is 0 Å². The summed E-state index contributed by atoms with van der Waals surface area (Å²) in [5, 5.41) is 0. The molecule has 20 heavy (non-hydrogen) atoms. The Balaban J connectivity index is 1.62. The van der Waals surface area contributed by atoms with Gasteiger partial charge < -0.3 is 15.0 Å². The summed E-state index contributed by atoms with van der Waals surface area (Å²) in [7, 11) is 0. The van der Waals surface area contributed by atoms with E-state index in [0.717, 1.165) is 43.1 Å². The highest BCUT2D eigenvalue weighted by Gasteiger charge is 2.15. The summed E-state index contributed by atoms with van der Waals surface area (Å²) in [6, 6.07) is 7.88. The molecule has 1 saturated heterocycles. The maximum absolute atomic E-state index is 5.73. The maximum Gasteiger partial charge on any atom is 0.139 e. The molecule has 4 heteroatoms. The third-order valence-electron chi connectivity index (χ3n) is 3.83. The number of hydrogen-bond acceptors (Lipinski definition) is 3.